The summed E-state index contributed by atoms with van der Waals surface area (Å²) in [6, 6.07) is 19.2. The van der Waals surface area contributed by atoms with Gasteiger partial charge >= 0.3 is 0 Å². The van der Waals surface area contributed by atoms with Crippen LogP contribution in [0.15, 0.2) is 54.6 Å². The molecule has 0 aliphatic heterocycles. The Kier molecular flexibility index (Phi) is 3.19. The summed E-state index contributed by atoms with van der Waals surface area (Å²) in [6.45, 7) is 0. The van der Waals surface area contributed by atoms with Crippen LogP contribution in [0.1, 0.15) is 42.3 Å². The molecule has 2 fully saturated rings. The van der Waals surface area contributed by atoms with E-state index in [4.69, 9.17) is 10.5 Å². The topological polar surface area (TPSA) is 35.2 Å². The molecular formula is C19H21NO. The zero-order chi connectivity index (χ0) is 14.2. The molecule has 2 nitrogen and oxygen atoms in total. The van der Waals surface area contributed by atoms with Crippen molar-refractivity contribution >= 4 is 0 Å². The number of ether oxygens (including phenoxy) is 1. The minimum Gasteiger partial charge on any atom is -0.490 e. The quantitative estimate of drug-likeness (QED) is 0.896. The molecule has 2 aliphatic carbocycles. The average molecular weight is 279 g/mol. The van der Waals surface area contributed by atoms with Gasteiger partial charge in [0.25, 0.3) is 0 Å². The first-order valence-corrected chi connectivity index (χ1v) is 7.88. The first-order chi connectivity index (χ1) is 10.3. The highest BCUT2D eigenvalue weighted by molar-refractivity contribution is 5.34. The van der Waals surface area contributed by atoms with Crippen molar-refractivity contribution < 1.29 is 4.74 Å². The Balaban J connectivity index is 1.47. The Morgan fingerprint density at radius 1 is 1.00 bits per heavy atom. The first-order valence-electron chi connectivity index (χ1n) is 7.88. The molecule has 2 aromatic carbocycles. The Morgan fingerprint density at radius 3 is 2.57 bits per heavy atom. The fourth-order valence-electron chi connectivity index (χ4n) is 3.12. The molecule has 2 aromatic rings. The monoisotopic (exact) mass is 279 g/mol. The summed E-state index contributed by atoms with van der Waals surface area (Å²) in [4.78, 5) is 0. The SMILES string of the molecule is NC(c1cccc(OC2CC2)c1)C1CC1c1ccccc1. The Morgan fingerprint density at radius 2 is 1.81 bits per heavy atom. The lowest BCUT2D eigenvalue weighted by molar-refractivity contribution is 0.302. The molecule has 3 atom stereocenters. The van der Waals surface area contributed by atoms with E-state index >= 15 is 0 Å². The normalized spacial score (nSPS) is 25.4. The number of hydrogen-bond acceptors (Lipinski definition) is 2. The zero-order valence-electron chi connectivity index (χ0n) is 12.1. The van der Waals surface area contributed by atoms with Gasteiger partial charge in [-0.2, -0.15) is 0 Å². The Hall–Kier alpha value is -1.80. The molecule has 0 bridgehead atoms. The molecule has 21 heavy (non-hydrogen) atoms. The van der Waals surface area contributed by atoms with Crippen LogP contribution in [-0.2, 0) is 0 Å². The lowest BCUT2D eigenvalue weighted by Crippen LogP contribution is -2.13. The van der Waals surface area contributed by atoms with Crippen LogP contribution >= 0.6 is 0 Å². The third-order valence-corrected chi connectivity index (χ3v) is 4.60. The van der Waals surface area contributed by atoms with Gasteiger partial charge in [0.15, 0.2) is 0 Å². The molecule has 108 valence electrons. The van der Waals surface area contributed by atoms with Crippen molar-refractivity contribution in [3.8, 4) is 5.75 Å². The van der Waals surface area contributed by atoms with Crippen molar-refractivity contribution in [1.82, 2.24) is 0 Å². The summed E-state index contributed by atoms with van der Waals surface area (Å²) < 4.78 is 5.87. The van der Waals surface area contributed by atoms with Crippen molar-refractivity contribution in [2.45, 2.75) is 37.3 Å². The van der Waals surface area contributed by atoms with Crippen molar-refractivity contribution in [2.75, 3.05) is 0 Å². The average Bonchev–Trinajstić information content (AvgIpc) is 3.42. The highest BCUT2D eigenvalue weighted by Crippen LogP contribution is 2.53. The number of nitrogens with two attached hydrogens (primary N) is 1. The van der Waals surface area contributed by atoms with Crippen LogP contribution in [0.4, 0.5) is 0 Å². The van der Waals surface area contributed by atoms with Crippen molar-refractivity contribution in [2.24, 2.45) is 11.7 Å². The Labute approximate surface area is 125 Å². The summed E-state index contributed by atoms with van der Waals surface area (Å²) >= 11 is 0. The van der Waals surface area contributed by atoms with Crippen LogP contribution in [0.5, 0.6) is 5.75 Å². The summed E-state index contributed by atoms with van der Waals surface area (Å²) in [6.07, 6.45) is 4.01. The molecule has 0 amide bonds. The van der Waals surface area contributed by atoms with E-state index < -0.39 is 0 Å². The highest BCUT2D eigenvalue weighted by atomic mass is 16.5. The maximum Gasteiger partial charge on any atom is 0.120 e. The summed E-state index contributed by atoms with van der Waals surface area (Å²) in [7, 11) is 0. The van der Waals surface area contributed by atoms with Crippen molar-refractivity contribution in [1.29, 1.82) is 0 Å². The van der Waals surface area contributed by atoms with Crippen LogP contribution < -0.4 is 10.5 Å². The number of rotatable bonds is 5. The number of benzene rings is 2. The standard InChI is InChI=1S/C19H21NO/c20-19(18-12-17(18)13-5-2-1-3-6-13)14-7-4-8-16(11-14)21-15-9-10-15/h1-8,11,15,17-19H,9-10,12,20H2. The van der Waals surface area contributed by atoms with Gasteiger partial charge in [0.05, 0.1) is 6.10 Å². The van der Waals surface area contributed by atoms with E-state index in [1.807, 2.05) is 6.07 Å². The highest BCUT2D eigenvalue weighted by Gasteiger charge is 2.42. The van der Waals surface area contributed by atoms with Gasteiger partial charge < -0.3 is 10.5 Å². The van der Waals surface area contributed by atoms with Crippen LogP contribution in [0.3, 0.4) is 0 Å². The van der Waals surface area contributed by atoms with E-state index in [0.717, 1.165) is 5.75 Å². The molecule has 0 radical (unpaired) electrons. The predicted molar refractivity (Wildman–Crippen MR) is 84.3 cm³/mol. The molecule has 3 unspecified atom stereocenters. The van der Waals surface area contributed by atoms with Crippen molar-refractivity contribution in [3.63, 3.8) is 0 Å². The molecule has 0 saturated heterocycles. The fourth-order valence-corrected chi connectivity index (χ4v) is 3.12. The molecule has 0 spiro atoms. The molecule has 0 heterocycles. The second-order valence-electron chi connectivity index (χ2n) is 6.33. The van der Waals surface area contributed by atoms with E-state index in [0.29, 0.717) is 17.9 Å². The van der Waals surface area contributed by atoms with E-state index in [1.54, 1.807) is 0 Å². The van der Waals surface area contributed by atoms with E-state index in [9.17, 15) is 0 Å². The third kappa shape index (κ3) is 2.81. The third-order valence-electron chi connectivity index (χ3n) is 4.60. The number of hydrogen-bond donors (Lipinski definition) is 1. The van der Waals surface area contributed by atoms with Gasteiger partial charge in [0.1, 0.15) is 5.75 Å². The van der Waals surface area contributed by atoms with Gasteiger partial charge in [-0.15, -0.1) is 0 Å². The molecule has 2 heteroatoms. The molecule has 2 saturated carbocycles. The lowest BCUT2D eigenvalue weighted by Gasteiger charge is -2.14. The van der Waals surface area contributed by atoms with Gasteiger partial charge in [-0.1, -0.05) is 42.5 Å². The van der Waals surface area contributed by atoms with Crippen LogP contribution in [-0.4, -0.2) is 6.10 Å². The second kappa shape index (κ2) is 5.19. The predicted octanol–water partition coefficient (Wildman–Crippen LogP) is 4.03. The lowest BCUT2D eigenvalue weighted by atomic mass is 9.99. The molecule has 2 N–H and O–H groups in total. The van der Waals surface area contributed by atoms with Crippen molar-refractivity contribution in [3.05, 3.63) is 65.7 Å². The van der Waals surface area contributed by atoms with Crippen LogP contribution in [0.25, 0.3) is 0 Å². The van der Waals surface area contributed by atoms with Gasteiger partial charge in [0, 0.05) is 6.04 Å². The maximum absolute atomic E-state index is 6.49. The van der Waals surface area contributed by atoms with E-state index in [-0.39, 0.29) is 6.04 Å². The smallest absolute Gasteiger partial charge is 0.120 e. The zero-order valence-corrected chi connectivity index (χ0v) is 12.1. The van der Waals surface area contributed by atoms with E-state index in [1.165, 1.54) is 30.4 Å². The summed E-state index contributed by atoms with van der Waals surface area (Å²) in [5.41, 5.74) is 9.11. The van der Waals surface area contributed by atoms with Gasteiger partial charge in [-0.05, 0) is 54.4 Å². The fraction of sp³-hybridized carbons (Fsp3) is 0.368. The first kappa shape index (κ1) is 12.9. The Bertz CT molecular complexity index is 620. The molecule has 4 rings (SSSR count). The summed E-state index contributed by atoms with van der Waals surface area (Å²) in [5.74, 6) is 2.15. The van der Waals surface area contributed by atoms with E-state index in [2.05, 4.69) is 48.5 Å². The second-order valence-corrected chi connectivity index (χ2v) is 6.33. The maximum atomic E-state index is 6.49. The van der Waals surface area contributed by atoms with Gasteiger partial charge in [-0.25, -0.2) is 0 Å². The molecule has 2 aliphatic rings. The van der Waals surface area contributed by atoms with Gasteiger partial charge in [0.2, 0.25) is 0 Å². The van der Waals surface area contributed by atoms with Crippen LogP contribution in [0.2, 0.25) is 0 Å². The van der Waals surface area contributed by atoms with Crippen LogP contribution in [0, 0.1) is 5.92 Å². The molecule has 0 aromatic heterocycles. The molecular weight excluding hydrogens is 258 g/mol. The minimum absolute atomic E-state index is 0.109. The minimum atomic E-state index is 0.109. The largest absolute Gasteiger partial charge is 0.490 e. The summed E-state index contributed by atoms with van der Waals surface area (Å²) in [5, 5.41) is 0. The van der Waals surface area contributed by atoms with Gasteiger partial charge in [-0.3, -0.25) is 0 Å².